The van der Waals surface area contributed by atoms with Gasteiger partial charge in [0.15, 0.2) is 0 Å². The Kier molecular flexibility index (Phi) is 7.86. The van der Waals surface area contributed by atoms with Gasteiger partial charge in [0.1, 0.15) is 0 Å². The van der Waals surface area contributed by atoms with Crippen LogP contribution in [0, 0.1) is 11.8 Å². The number of benzene rings is 1. The standard InChI is InChI=1S/C18H31NO/c1-14(2)17-8-6-16(7-9-17)12-18(15(3)4)13-19-10-11-20-5/h6-9,14-15,18-19H,10-13H2,1-5H3. The third-order valence-corrected chi connectivity index (χ3v) is 3.98. The molecule has 0 aliphatic rings. The van der Waals surface area contributed by atoms with Crippen molar-refractivity contribution in [2.24, 2.45) is 11.8 Å². The van der Waals surface area contributed by atoms with Crippen molar-refractivity contribution in [3.05, 3.63) is 35.4 Å². The zero-order valence-electron chi connectivity index (χ0n) is 13.8. The lowest BCUT2D eigenvalue weighted by molar-refractivity contribution is 0.196. The number of rotatable bonds is 9. The molecule has 0 fully saturated rings. The summed E-state index contributed by atoms with van der Waals surface area (Å²) in [4.78, 5) is 0. The predicted molar refractivity (Wildman–Crippen MR) is 87.3 cm³/mol. The smallest absolute Gasteiger partial charge is 0.0587 e. The zero-order chi connectivity index (χ0) is 15.0. The van der Waals surface area contributed by atoms with Gasteiger partial charge in [-0.05, 0) is 41.8 Å². The largest absolute Gasteiger partial charge is 0.383 e. The maximum Gasteiger partial charge on any atom is 0.0587 e. The van der Waals surface area contributed by atoms with E-state index in [0.29, 0.717) is 17.8 Å². The first-order valence-corrected chi connectivity index (χ1v) is 7.83. The summed E-state index contributed by atoms with van der Waals surface area (Å²) in [5, 5.41) is 3.49. The van der Waals surface area contributed by atoms with Crippen LogP contribution in [0.2, 0.25) is 0 Å². The molecule has 114 valence electrons. The molecular weight excluding hydrogens is 246 g/mol. The molecule has 0 amide bonds. The van der Waals surface area contributed by atoms with Crippen LogP contribution in [0.3, 0.4) is 0 Å². The molecule has 1 aromatic carbocycles. The molecule has 1 aromatic rings. The topological polar surface area (TPSA) is 21.3 Å². The van der Waals surface area contributed by atoms with Crippen molar-refractivity contribution in [2.75, 3.05) is 26.8 Å². The van der Waals surface area contributed by atoms with Crippen LogP contribution in [0.15, 0.2) is 24.3 Å². The molecule has 1 N–H and O–H groups in total. The lowest BCUT2D eigenvalue weighted by Crippen LogP contribution is -2.30. The highest BCUT2D eigenvalue weighted by molar-refractivity contribution is 5.25. The van der Waals surface area contributed by atoms with Crippen molar-refractivity contribution in [3.63, 3.8) is 0 Å². The quantitative estimate of drug-likeness (QED) is 0.692. The molecule has 0 spiro atoms. The van der Waals surface area contributed by atoms with Crippen LogP contribution in [0.1, 0.15) is 44.7 Å². The van der Waals surface area contributed by atoms with Gasteiger partial charge in [0.25, 0.3) is 0 Å². The van der Waals surface area contributed by atoms with Crippen LogP contribution in [-0.2, 0) is 11.2 Å². The van der Waals surface area contributed by atoms with Gasteiger partial charge in [0.05, 0.1) is 6.61 Å². The van der Waals surface area contributed by atoms with Crippen LogP contribution in [0.25, 0.3) is 0 Å². The Morgan fingerprint density at radius 3 is 2.20 bits per heavy atom. The van der Waals surface area contributed by atoms with Crippen molar-refractivity contribution in [2.45, 2.75) is 40.0 Å². The summed E-state index contributed by atoms with van der Waals surface area (Å²) >= 11 is 0. The van der Waals surface area contributed by atoms with E-state index in [0.717, 1.165) is 26.1 Å². The molecule has 0 saturated carbocycles. The number of hydrogen-bond acceptors (Lipinski definition) is 2. The molecule has 0 radical (unpaired) electrons. The predicted octanol–water partition coefficient (Wildman–Crippen LogP) is 3.86. The second-order valence-corrected chi connectivity index (χ2v) is 6.30. The lowest BCUT2D eigenvalue weighted by Gasteiger charge is -2.22. The highest BCUT2D eigenvalue weighted by atomic mass is 16.5. The van der Waals surface area contributed by atoms with Gasteiger partial charge in [-0.1, -0.05) is 52.0 Å². The second kappa shape index (κ2) is 9.15. The van der Waals surface area contributed by atoms with Crippen LogP contribution in [-0.4, -0.2) is 26.8 Å². The summed E-state index contributed by atoms with van der Waals surface area (Å²) in [6.45, 7) is 11.9. The second-order valence-electron chi connectivity index (χ2n) is 6.30. The number of methoxy groups -OCH3 is 1. The summed E-state index contributed by atoms with van der Waals surface area (Å²) in [5.41, 5.74) is 2.87. The number of hydrogen-bond donors (Lipinski definition) is 1. The third-order valence-electron chi connectivity index (χ3n) is 3.98. The van der Waals surface area contributed by atoms with E-state index >= 15 is 0 Å². The molecule has 2 nitrogen and oxygen atoms in total. The molecule has 0 aromatic heterocycles. The highest BCUT2D eigenvalue weighted by Crippen LogP contribution is 2.19. The minimum absolute atomic E-state index is 0.612. The highest BCUT2D eigenvalue weighted by Gasteiger charge is 2.13. The molecule has 2 heteroatoms. The molecular formula is C18H31NO. The molecule has 0 bridgehead atoms. The Morgan fingerprint density at radius 2 is 1.70 bits per heavy atom. The van der Waals surface area contributed by atoms with Gasteiger partial charge >= 0.3 is 0 Å². The van der Waals surface area contributed by atoms with Crippen LogP contribution >= 0.6 is 0 Å². The molecule has 0 heterocycles. The van der Waals surface area contributed by atoms with E-state index in [1.807, 2.05) is 0 Å². The normalized spacial score (nSPS) is 13.2. The SMILES string of the molecule is COCCNCC(Cc1ccc(C(C)C)cc1)C(C)C. The van der Waals surface area contributed by atoms with Crippen molar-refractivity contribution >= 4 is 0 Å². The average molecular weight is 277 g/mol. The van der Waals surface area contributed by atoms with Crippen molar-refractivity contribution in [3.8, 4) is 0 Å². The molecule has 20 heavy (non-hydrogen) atoms. The average Bonchev–Trinajstić information content (AvgIpc) is 2.42. The Balaban J connectivity index is 2.52. The first kappa shape index (κ1) is 17.2. The van der Waals surface area contributed by atoms with Gasteiger partial charge in [-0.15, -0.1) is 0 Å². The lowest BCUT2D eigenvalue weighted by atomic mass is 9.88. The van der Waals surface area contributed by atoms with E-state index in [1.54, 1.807) is 7.11 Å². The maximum absolute atomic E-state index is 5.08. The van der Waals surface area contributed by atoms with Gasteiger partial charge in [-0.2, -0.15) is 0 Å². The first-order chi connectivity index (χ1) is 9.54. The Bertz CT molecular complexity index is 356. The minimum Gasteiger partial charge on any atom is -0.383 e. The number of ether oxygens (including phenoxy) is 1. The molecule has 0 aliphatic carbocycles. The fourth-order valence-corrected chi connectivity index (χ4v) is 2.35. The van der Waals surface area contributed by atoms with E-state index in [-0.39, 0.29) is 0 Å². The summed E-state index contributed by atoms with van der Waals surface area (Å²) < 4.78 is 5.08. The van der Waals surface area contributed by atoms with Crippen molar-refractivity contribution in [1.82, 2.24) is 5.32 Å². The molecule has 0 saturated heterocycles. The van der Waals surface area contributed by atoms with Crippen LogP contribution in [0.5, 0.6) is 0 Å². The number of nitrogens with one attached hydrogen (secondary N) is 1. The monoisotopic (exact) mass is 277 g/mol. The fourth-order valence-electron chi connectivity index (χ4n) is 2.35. The van der Waals surface area contributed by atoms with E-state index < -0.39 is 0 Å². The first-order valence-electron chi connectivity index (χ1n) is 7.83. The van der Waals surface area contributed by atoms with Gasteiger partial charge in [0.2, 0.25) is 0 Å². The van der Waals surface area contributed by atoms with E-state index in [1.165, 1.54) is 11.1 Å². The Labute approximate surface area is 124 Å². The van der Waals surface area contributed by atoms with Gasteiger partial charge in [-0.25, -0.2) is 0 Å². The van der Waals surface area contributed by atoms with Crippen LogP contribution < -0.4 is 5.32 Å². The van der Waals surface area contributed by atoms with Gasteiger partial charge < -0.3 is 10.1 Å². The van der Waals surface area contributed by atoms with Gasteiger partial charge in [-0.3, -0.25) is 0 Å². The summed E-state index contributed by atoms with van der Waals surface area (Å²) in [7, 11) is 1.75. The molecule has 1 atom stereocenters. The Morgan fingerprint density at radius 1 is 1.05 bits per heavy atom. The van der Waals surface area contributed by atoms with E-state index in [2.05, 4.69) is 57.3 Å². The Hall–Kier alpha value is -0.860. The fraction of sp³-hybridized carbons (Fsp3) is 0.667. The van der Waals surface area contributed by atoms with E-state index in [4.69, 9.17) is 4.74 Å². The molecule has 1 rings (SSSR count). The minimum atomic E-state index is 0.612. The third kappa shape index (κ3) is 6.06. The van der Waals surface area contributed by atoms with E-state index in [9.17, 15) is 0 Å². The maximum atomic E-state index is 5.08. The zero-order valence-corrected chi connectivity index (χ0v) is 13.8. The van der Waals surface area contributed by atoms with Gasteiger partial charge in [0, 0.05) is 13.7 Å². The van der Waals surface area contributed by atoms with Crippen LogP contribution in [0.4, 0.5) is 0 Å². The van der Waals surface area contributed by atoms with Crippen molar-refractivity contribution < 1.29 is 4.74 Å². The van der Waals surface area contributed by atoms with Crippen molar-refractivity contribution in [1.29, 1.82) is 0 Å². The summed E-state index contributed by atoms with van der Waals surface area (Å²) in [5.74, 6) is 1.98. The summed E-state index contributed by atoms with van der Waals surface area (Å²) in [6.07, 6.45) is 1.15. The molecule has 0 aliphatic heterocycles. The summed E-state index contributed by atoms with van der Waals surface area (Å²) in [6, 6.07) is 9.13. The molecule has 1 unspecified atom stereocenters.